The van der Waals surface area contributed by atoms with Gasteiger partial charge >= 0.3 is 0 Å². The fraction of sp³-hybridized carbons (Fsp3) is 0.500. The Morgan fingerprint density at radius 1 is 1.39 bits per heavy atom. The Kier molecular flexibility index (Phi) is 2.79. The van der Waals surface area contributed by atoms with Crippen molar-refractivity contribution in [2.45, 2.75) is 19.4 Å². The van der Waals surface area contributed by atoms with Gasteiger partial charge in [0, 0.05) is 6.54 Å². The molecular weight excluding hydrogens is 232 g/mol. The van der Waals surface area contributed by atoms with Gasteiger partial charge in [-0.2, -0.15) is 0 Å². The summed E-state index contributed by atoms with van der Waals surface area (Å²) in [5.74, 6) is 0. The monoisotopic (exact) mass is 248 g/mol. The average Bonchev–Trinajstić information content (AvgIpc) is 2.89. The lowest BCUT2D eigenvalue weighted by Crippen LogP contribution is -2.45. The van der Waals surface area contributed by atoms with Crippen LogP contribution in [0.15, 0.2) is 16.8 Å². The Balaban J connectivity index is 2.07. The van der Waals surface area contributed by atoms with E-state index in [4.69, 9.17) is 15.1 Å². The molecule has 0 aliphatic carbocycles. The molecule has 6 heteroatoms. The van der Waals surface area contributed by atoms with E-state index in [9.17, 15) is 0 Å². The first-order chi connectivity index (χ1) is 8.81. The number of nitrogen functional groups attached to an aromatic ring is 1. The number of benzene rings is 1. The van der Waals surface area contributed by atoms with Gasteiger partial charge in [0.2, 0.25) is 0 Å². The summed E-state index contributed by atoms with van der Waals surface area (Å²) in [6.07, 6.45) is 1.02. The average molecular weight is 248 g/mol. The summed E-state index contributed by atoms with van der Waals surface area (Å²) >= 11 is 0. The SMILES string of the molecule is CCC1COCCN1c1ccc(N)c2nonc12. The number of nitrogens with two attached hydrogens (primary N) is 1. The van der Waals surface area contributed by atoms with E-state index in [-0.39, 0.29) is 0 Å². The molecule has 0 spiro atoms. The van der Waals surface area contributed by atoms with E-state index in [0.717, 1.165) is 37.4 Å². The number of ether oxygens (including phenoxy) is 1. The van der Waals surface area contributed by atoms with Crippen LogP contribution in [-0.2, 0) is 4.74 Å². The van der Waals surface area contributed by atoms with Crippen molar-refractivity contribution in [3.63, 3.8) is 0 Å². The molecule has 1 saturated heterocycles. The van der Waals surface area contributed by atoms with Crippen molar-refractivity contribution >= 4 is 22.4 Å². The minimum atomic E-state index is 0.363. The number of morpholine rings is 1. The van der Waals surface area contributed by atoms with Crippen LogP contribution < -0.4 is 10.6 Å². The van der Waals surface area contributed by atoms with Crippen LogP contribution in [0.1, 0.15) is 13.3 Å². The number of fused-ring (bicyclic) bond motifs is 1. The highest BCUT2D eigenvalue weighted by atomic mass is 16.6. The highest BCUT2D eigenvalue weighted by molar-refractivity contribution is 5.95. The fourth-order valence-electron chi connectivity index (χ4n) is 2.41. The molecule has 2 N–H and O–H groups in total. The summed E-state index contributed by atoms with van der Waals surface area (Å²) in [6, 6.07) is 4.20. The van der Waals surface area contributed by atoms with Crippen molar-refractivity contribution in [3.05, 3.63) is 12.1 Å². The van der Waals surface area contributed by atoms with Crippen LogP contribution in [0.3, 0.4) is 0 Å². The molecule has 2 heterocycles. The smallest absolute Gasteiger partial charge is 0.160 e. The van der Waals surface area contributed by atoms with Gasteiger partial charge in [-0.25, -0.2) is 4.63 Å². The van der Waals surface area contributed by atoms with Gasteiger partial charge in [-0.05, 0) is 28.9 Å². The zero-order valence-corrected chi connectivity index (χ0v) is 10.3. The summed E-state index contributed by atoms with van der Waals surface area (Å²) in [4.78, 5) is 2.30. The molecule has 1 unspecified atom stereocenters. The van der Waals surface area contributed by atoms with Gasteiger partial charge in [0.05, 0.1) is 30.6 Å². The number of anilines is 2. The molecule has 1 fully saturated rings. The predicted octanol–water partition coefficient (Wildman–Crippen LogP) is 1.42. The maximum absolute atomic E-state index is 5.86. The van der Waals surface area contributed by atoms with Crippen LogP contribution in [0.2, 0.25) is 0 Å². The normalized spacial score (nSPS) is 20.5. The molecule has 0 amide bonds. The number of aromatic nitrogens is 2. The second-order valence-corrected chi connectivity index (χ2v) is 4.47. The van der Waals surface area contributed by atoms with Gasteiger partial charge in [0.15, 0.2) is 11.0 Å². The Hall–Kier alpha value is -1.82. The number of hydrogen-bond donors (Lipinski definition) is 1. The largest absolute Gasteiger partial charge is 0.397 e. The van der Waals surface area contributed by atoms with Crippen LogP contribution in [0.5, 0.6) is 0 Å². The van der Waals surface area contributed by atoms with Crippen molar-refractivity contribution in [1.82, 2.24) is 10.3 Å². The van der Waals surface area contributed by atoms with Crippen molar-refractivity contribution in [2.24, 2.45) is 0 Å². The third-order valence-electron chi connectivity index (χ3n) is 3.43. The molecule has 0 bridgehead atoms. The second kappa shape index (κ2) is 4.45. The molecule has 18 heavy (non-hydrogen) atoms. The molecule has 2 aromatic rings. The fourth-order valence-corrected chi connectivity index (χ4v) is 2.41. The van der Waals surface area contributed by atoms with E-state index in [1.54, 1.807) is 0 Å². The number of nitrogens with zero attached hydrogens (tertiary/aromatic N) is 3. The summed E-state index contributed by atoms with van der Waals surface area (Å²) in [5.41, 5.74) is 8.84. The summed E-state index contributed by atoms with van der Waals surface area (Å²) in [6.45, 7) is 4.48. The highest BCUT2D eigenvalue weighted by Crippen LogP contribution is 2.30. The molecule has 1 aliphatic heterocycles. The van der Waals surface area contributed by atoms with Crippen molar-refractivity contribution in [1.29, 1.82) is 0 Å². The van der Waals surface area contributed by atoms with Gasteiger partial charge in [0.25, 0.3) is 0 Å². The number of rotatable bonds is 2. The molecule has 1 aromatic carbocycles. The highest BCUT2D eigenvalue weighted by Gasteiger charge is 2.25. The van der Waals surface area contributed by atoms with Crippen LogP contribution in [0.4, 0.5) is 11.4 Å². The van der Waals surface area contributed by atoms with Gasteiger partial charge in [-0.15, -0.1) is 0 Å². The van der Waals surface area contributed by atoms with E-state index < -0.39 is 0 Å². The van der Waals surface area contributed by atoms with Gasteiger partial charge in [0.1, 0.15) is 0 Å². The summed E-state index contributed by atoms with van der Waals surface area (Å²) in [5, 5.41) is 7.83. The van der Waals surface area contributed by atoms with Crippen LogP contribution >= 0.6 is 0 Å². The van der Waals surface area contributed by atoms with Gasteiger partial charge < -0.3 is 15.4 Å². The zero-order chi connectivity index (χ0) is 12.5. The molecular formula is C12H16N4O2. The Labute approximate surface area is 105 Å². The Morgan fingerprint density at radius 2 is 2.22 bits per heavy atom. The molecule has 6 nitrogen and oxygen atoms in total. The van der Waals surface area contributed by atoms with E-state index in [0.29, 0.717) is 17.2 Å². The molecule has 3 rings (SSSR count). The standard InChI is InChI=1S/C12H16N4O2/c1-2-8-7-17-6-5-16(8)10-4-3-9(13)11-12(10)15-18-14-11/h3-4,8H,2,5-7,13H2,1H3. The summed E-state index contributed by atoms with van der Waals surface area (Å²) in [7, 11) is 0. The first-order valence-corrected chi connectivity index (χ1v) is 6.16. The predicted molar refractivity (Wildman–Crippen MR) is 68.5 cm³/mol. The van der Waals surface area contributed by atoms with Crippen LogP contribution in [-0.4, -0.2) is 36.1 Å². The molecule has 1 aromatic heterocycles. The van der Waals surface area contributed by atoms with E-state index in [1.165, 1.54) is 0 Å². The number of hydrogen-bond acceptors (Lipinski definition) is 6. The quantitative estimate of drug-likeness (QED) is 0.810. The minimum Gasteiger partial charge on any atom is -0.397 e. The first-order valence-electron chi connectivity index (χ1n) is 6.16. The zero-order valence-electron chi connectivity index (χ0n) is 10.3. The Bertz CT molecular complexity index is 554. The second-order valence-electron chi connectivity index (χ2n) is 4.47. The van der Waals surface area contributed by atoms with E-state index in [2.05, 4.69) is 22.1 Å². The topological polar surface area (TPSA) is 77.4 Å². The molecule has 96 valence electrons. The third-order valence-corrected chi connectivity index (χ3v) is 3.43. The molecule has 0 saturated carbocycles. The molecule has 0 radical (unpaired) electrons. The Morgan fingerprint density at radius 3 is 3.06 bits per heavy atom. The van der Waals surface area contributed by atoms with E-state index >= 15 is 0 Å². The van der Waals surface area contributed by atoms with E-state index in [1.807, 2.05) is 12.1 Å². The van der Waals surface area contributed by atoms with Crippen molar-refractivity contribution in [2.75, 3.05) is 30.4 Å². The maximum Gasteiger partial charge on any atom is 0.160 e. The van der Waals surface area contributed by atoms with Crippen LogP contribution in [0.25, 0.3) is 11.0 Å². The lowest BCUT2D eigenvalue weighted by molar-refractivity contribution is 0.0931. The third kappa shape index (κ3) is 1.69. The van der Waals surface area contributed by atoms with Crippen LogP contribution in [0, 0.1) is 0 Å². The first kappa shape index (κ1) is 11.3. The van der Waals surface area contributed by atoms with Gasteiger partial charge in [-0.3, -0.25) is 0 Å². The van der Waals surface area contributed by atoms with Gasteiger partial charge in [-0.1, -0.05) is 6.92 Å². The lowest BCUT2D eigenvalue weighted by atomic mass is 10.1. The van der Waals surface area contributed by atoms with Crippen molar-refractivity contribution < 1.29 is 9.37 Å². The lowest BCUT2D eigenvalue weighted by Gasteiger charge is -2.36. The molecule has 1 aliphatic rings. The van der Waals surface area contributed by atoms with Crippen molar-refractivity contribution in [3.8, 4) is 0 Å². The maximum atomic E-state index is 5.86. The molecule has 1 atom stereocenters. The summed E-state index contributed by atoms with van der Waals surface area (Å²) < 4.78 is 10.3. The minimum absolute atomic E-state index is 0.363.